The van der Waals surface area contributed by atoms with Crippen LogP contribution in [0.3, 0.4) is 0 Å². The number of likely N-dealkylation sites (tertiary alicyclic amines) is 1. The van der Waals surface area contributed by atoms with Gasteiger partial charge in [0.1, 0.15) is 6.10 Å². The number of carbonyl (C=O) groups is 2. The van der Waals surface area contributed by atoms with Crippen molar-refractivity contribution in [3.8, 4) is 0 Å². The van der Waals surface area contributed by atoms with Crippen molar-refractivity contribution < 1.29 is 19.1 Å². The molecule has 1 saturated heterocycles. The van der Waals surface area contributed by atoms with Gasteiger partial charge in [0.2, 0.25) is 0 Å². The molecule has 0 radical (unpaired) electrons. The summed E-state index contributed by atoms with van der Waals surface area (Å²) in [7, 11) is 2.88. The first-order valence-corrected chi connectivity index (χ1v) is 5.49. The van der Waals surface area contributed by atoms with Crippen LogP contribution in [0.5, 0.6) is 0 Å². The average Bonchev–Trinajstić information content (AvgIpc) is 2.36. The number of piperidine rings is 1. The fraction of sp³-hybridized carbons (Fsp3) is 0.818. The predicted octanol–water partition coefficient (Wildman–Crippen LogP) is 0.433. The van der Waals surface area contributed by atoms with Crippen molar-refractivity contribution in [2.24, 2.45) is 5.92 Å². The Bertz CT molecular complexity index is 267. The fourth-order valence-electron chi connectivity index (χ4n) is 1.89. The van der Waals surface area contributed by atoms with Gasteiger partial charge in [0.25, 0.3) is 5.91 Å². The molecule has 1 amide bonds. The molecule has 1 aliphatic rings. The van der Waals surface area contributed by atoms with E-state index in [1.807, 2.05) is 0 Å². The van der Waals surface area contributed by atoms with Gasteiger partial charge in [-0.05, 0) is 19.8 Å². The van der Waals surface area contributed by atoms with Gasteiger partial charge in [0.15, 0.2) is 0 Å². The summed E-state index contributed by atoms with van der Waals surface area (Å²) in [6, 6.07) is 0. The highest BCUT2D eigenvalue weighted by Gasteiger charge is 2.30. The van der Waals surface area contributed by atoms with Crippen LogP contribution in [0.2, 0.25) is 0 Å². The molecular weight excluding hydrogens is 210 g/mol. The first-order chi connectivity index (χ1) is 7.60. The molecule has 5 heteroatoms. The summed E-state index contributed by atoms with van der Waals surface area (Å²) in [5, 5.41) is 0. The van der Waals surface area contributed by atoms with Crippen LogP contribution in [0.4, 0.5) is 0 Å². The number of amides is 1. The van der Waals surface area contributed by atoms with Gasteiger partial charge in [-0.15, -0.1) is 0 Å². The third-order valence-electron chi connectivity index (χ3n) is 2.97. The minimum atomic E-state index is -0.448. The third-order valence-corrected chi connectivity index (χ3v) is 2.97. The number of ether oxygens (including phenoxy) is 2. The zero-order valence-corrected chi connectivity index (χ0v) is 10.1. The molecule has 0 N–H and O–H groups in total. The van der Waals surface area contributed by atoms with Crippen molar-refractivity contribution in [2.45, 2.75) is 25.9 Å². The molecule has 0 aliphatic carbocycles. The van der Waals surface area contributed by atoms with Crippen molar-refractivity contribution in [2.75, 3.05) is 27.3 Å². The van der Waals surface area contributed by atoms with Crippen LogP contribution >= 0.6 is 0 Å². The lowest BCUT2D eigenvalue weighted by molar-refractivity contribution is -0.151. The maximum Gasteiger partial charge on any atom is 0.310 e. The molecule has 1 heterocycles. The Morgan fingerprint density at radius 2 is 2.06 bits per heavy atom. The Morgan fingerprint density at radius 1 is 1.38 bits per heavy atom. The summed E-state index contributed by atoms with van der Waals surface area (Å²) < 4.78 is 9.68. The second-order valence-corrected chi connectivity index (χ2v) is 4.02. The van der Waals surface area contributed by atoms with E-state index in [4.69, 9.17) is 9.47 Å². The van der Waals surface area contributed by atoms with E-state index in [0.29, 0.717) is 13.1 Å². The standard InChI is InChI=1S/C11H19NO4/c1-8(15-2)10(13)12-6-4-5-9(7-12)11(14)16-3/h8-9H,4-7H2,1-3H3. The Morgan fingerprint density at radius 3 is 2.62 bits per heavy atom. The van der Waals surface area contributed by atoms with Gasteiger partial charge in [-0.3, -0.25) is 9.59 Å². The highest BCUT2D eigenvalue weighted by molar-refractivity contribution is 5.81. The minimum absolute atomic E-state index is 0.0592. The van der Waals surface area contributed by atoms with E-state index < -0.39 is 6.10 Å². The second kappa shape index (κ2) is 5.84. The average molecular weight is 229 g/mol. The third kappa shape index (κ3) is 2.95. The maximum atomic E-state index is 11.8. The van der Waals surface area contributed by atoms with Gasteiger partial charge in [0, 0.05) is 20.2 Å². The van der Waals surface area contributed by atoms with E-state index in [1.54, 1.807) is 11.8 Å². The lowest BCUT2D eigenvalue weighted by atomic mass is 9.98. The van der Waals surface area contributed by atoms with Gasteiger partial charge in [-0.2, -0.15) is 0 Å². The summed E-state index contributed by atoms with van der Waals surface area (Å²) in [5.41, 5.74) is 0. The van der Waals surface area contributed by atoms with E-state index in [2.05, 4.69) is 0 Å². The zero-order valence-electron chi connectivity index (χ0n) is 10.1. The number of methoxy groups -OCH3 is 2. The molecule has 1 aliphatic heterocycles. The van der Waals surface area contributed by atoms with Gasteiger partial charge < -0.3 is 14.4 Å². The lowest BCUT2D eigenvalue weighted by Gasteiger charge is -2.32. The van der Waals surface area contributed by atoms with E-state index in [1.165, 1.54) is 14.2 Å². The summed E-state index contributed by atoms with van der Waals surface area (Å²) in [6.45, 7) is 2.85. The molecule has 2 atom stereocenters. The van der Waals surface area contributed by atoms with Crippen molar-refractivity contribution in [3.63, 3.8) is 0 Å². The Kier molecular flexibility index (Phi) is 4.73. The van der Waals surface area contributed by atoms with Crippen LogP contribution in [-0.2, 0) is 19.1 Å². The highest BCUT2D eigenvalue weighted by Crippen LogP contribution is 2.18. The Hall–Kier alpha value is -1.10. The summed E-state index contributed by atoms with van der Waals surface area (Å²) >= 11 is 0. The van der Waals surface area contributed by atoms with Crippen LogP contribution in [0.15, 0.2) is 0 Å². The van der Waals surface area contributed by atoms with Crippen molar-refractivity contribution in [1.82, 2.24) is 4.90 Å². The van der Waals surface area contributed by atoms with Crippen LogP contribution < -0.4 is 0 Å². The largest absolute Gasteiger partial charge is 0.469 e. The lowest BCUT2D eigenvalue weighted by Crippen LogP contribution is -2.46. The Balaban J connectivity index is 2.56. The molecule has 0 saturated carbocycles. The summed E-state index contributed by atoms with van der Waals surface area (Å²) in [5.74, 6) is -0.481. The number of esters is 1. The molecule has 5 nitrogen and oxygen atoms in total. The molecule has 1 rings (SSSR count). The first-order valence-electron chi connectivity index (χ1n) is 5.49. The molecule has 16 heavy (non-hydrogen) atoms. The van der Waals surface area contributed by atoms with E-state index in [0.717, 1.165) is 12.8 Å². The quantitative estimate of drug-likeness (QED) is 0.659. The Labute approximate surface area is 95.7 Å². The maximum absolute atomic E-state index is 11.8. The smallest absolute Gasteiger partial charge is 0.310 e. The molecule has 0 bridgehead atoms. The number of hydrogen-bond acceptors (Lipinski definition) is 4. The topological polar surface area (TPSA) is 55.8 Å². The van der Waals surface area contributed by atoms with Crippen LogP contribution in [0.25, 0.3) is 0 Å². The van der Waals surface area contributed by atoms with E-state index in [9.17, 15) is 9.59 Å². The zero-order chi connectivity index (χ0) is 12.1. The molecular formula is C11H19NO4. The fourth-order valence-corrected chi connectivity index (χ4v) is 1.89. The van der Waals surface area contributed by atoms with Crippen molar-refractivity contribution in [1.29, 1.82) is 0 Å². The van der Waals surface area contributed by atoms with Gasteiger partial charge in [0.05, 0.1) is 13.0 Å². The van der Waals surface area contributed by atoms with Gasteiger partial charge in [-0.25, -0.2) is 0 Å². The summed E-state index contributed by atoms with van der Waals surface area (Å²) in [4.78, 5) is 24.9. The van der Waals surface area contributed by atoms with Gasteiger partial charge in [-0.1, -0.05) is 0 Å². The highest BCUT2D eigenvalue weighted by atomic mass is 16.5. The predicted molar refractivity (Wildman–Crippen MR) is 57.8 cm³/mol. The van der Waals surface area contributed by atoms with Crippen LogP contribution in [0.1, 0.15) is 19.8 Å². The SMILES string of the molecule is COC(=O)C1CCCN(C(=O)C(C)OC)C1. The number of hydrogen-bond donors (Lipinski definition) is 0. The second-order valence-electron chi connectivity index (χ2n) is 4.02. The van der Waals surface area contributed by atoms with Gasteiger partial charge >= 0.3 is 5.97 Å². The molecule has 2 unspecified atom stereocenters. The molecule has 0 aromatic rings. The molecule has 0 spiro atoms. The van der Waals surface area contributed by atoms with Crippen LogP contribution in [-0.4, -0.2) is 50.2 Å². The molecule has 0 aromatic heterocycles. The van der Waals surface area contributed by atoms with Crippen LogP contribution in [0, 0.1) is 5.92 Å². The van der Waals surface area contributed by atoms with Crippen molar-refractivity contribution >= 4 is 11.9 Å². The summed E-state index contributed by atoms with van der Waals surface area (Å²) in [6.07, 6.45) is 1.18. The molecule has 0 aromatic carbocycles. The van der Waals surface area contributed by atoms with E-state index >= 15 is 0 Å². The number of carbonyl (C=O) groups excluding carboxylic acids is 2. The van der Waals surface area contributed by atoms with Crippen molar-refractivity contribution in [3.05, 3.63) is 0 Å². The minimum Gasteiger partial charge on any atom is -0.469 e. The molecule has 1 fully saturated rings. The first kappa shape index (κ1) is 13.0. The molecule has 92 valence electrons. The number of nitrogens with zero attached hydrogens (tertiary/aromatic N) is 1. The number of rotatable bonds is 3. The van der Waals surface area contributed by atoms with E-state index in [-0.39, 0.29) is 17.8 Å². The monoisotopic (exact) mass is 229 g/mol. The normalized spacial score (nSPS) is 22.7.